The highest BCUT2D eigenvalue weighted by Crippen LogP contribution is 2.22. The van der Waals surface area contributed by atoms with Gasteiger partial charge >= 0.3 is 0 Å². The van der Waals surface area contributed by atoms with Crippen LogP contribution >= 0.6 is 0 Å². The molecule has 1 aromatic heterocycles. The van der Waals surface area contributed by atoms with Gasteiger partial charge in [0.1, 0.15) is 5.82 Å². The van der Waals surface area contributed by atoms with Crippen molar-refractivity contribution in [3.63, 3.8) is 0 Å². The third-order valence-corrected chi connectivity index (χ3v) is 6.61. The molecule has 3 N–H and O–H groups in total. The smallest absolute Gasteiger partial charge is 0.251 e. The molecule has 0 aliphatic heterocycles. The summed E-state index contributed by atoms with van der Waals surface area (Å²) in [5.74, 6) is 0.0974. The van der Waals surface area contributed by atoms with Crippen LogP contribution in [0.4, 0.5) is 5.69 Å². The summed E-state index contributed by atoms with van der Waals surface area (Å²) in [5.41, 5.74) is 2.40. The summed E-state index contributed by atoms with van der Waals surface area (Å²) in [6.45, 7) is 1.92. The number of aromatic amines is 1. The van der Waals surface area contributed by atoms with E-state index in [9.17, 15) is 18.0 Å². The number of nitrogens with one attached hydrogen (secondary N) is 3. The highest BCUT2D eigenvalue weighted by molar-refractivity contribution is 7.89. The van der Waals surface area contributed by atoms with E-state index in [2.05, 4.69) is 20.0 Å². The third-order valence-electron chi connectivity index (χ3n) is 5.08. The molecule has 0 bridgehead atoms. The molecule has 170 valence electrons. The average Bonchev–Trinajstić information content (AvgIpc) is 3.61. The SMILES string of the molecule is CCc1cc(=O)[nH]c(-c2cccc(NC(=O)/C=C/c3ccc(S(=O)(=O)NC4CC4)cc3)c2)n1. The molecule has 4 rings (SSSR count). The van der Waals surface area contributed by atoms with E-state index in [4.69, 9.17) is 0 Å². The molecule has 33 heavy (non-hydrogen) atoms. The van der Waals surface area contributed by atoms with Gasteiger partial charge in [-0.05, 0) is 55.2 Å². The first-order valence-corrected chi connectivity index (χ1v) is 12.1. The molecule has 1 aliphatic carbocycles. The van der Waals surface area contributed by atoms with Crippen molar-refractivity contribution in [1.82, 2.24) is 14.7 Å². The summed E-state index contributed by atoms with van der Waals surface area (Å²) in [4.78, 5) is 31.6. The first-order valence-electron chi connectivity index (χ1n) is 10.6. The van der Waals surface area contributed by atoms with E-state index < -0.39 is 10.0 Å². The van der Waals surface area contributed by atoms with Crippen LogP contribution in [-0.2, 0) is 21.2 Å². The zero-order valence-corrected chi connectivity index (χ0v) is 18.9. The van der Waals surface area contributed by atoms with Crippen molar-refractivity contribution < 1.29 is 13.2 Å². The van der Waals surface area contributed by atoms with E-state index in [-0.39, 0.29) is 22.4 Å². The molecule has 2 aromatic carbocycles. The van der Waals surface area contributed by atoms with Crippen LogP contribution < -0.4 is 15.6 Å². The van der Waals surface area contributed by atoms with Crippen molar-refractivity contribution in [1.29, 1.82) is 0 Å². The predicted octanol–water partition coefficient (Wildman–Crippen LogP) is 3.09. The van der Waals surface area contributed by atoms with E-state index in [0.29, 0.717) is 34.8 Å². The fraction of sp³-hybridized carbons (Fsp3) is 0.208. The zero-order valence-electron chi connectivity index (χ0n) is 18.0. The molecular formula is C24H24N4O4S. The topological polar surface area (TPSA) is 121 Å². The Hall–Kier alpha value is -3.56. The molecule has 1 amide bonds. The molecule has 1 heterocycles. The maximum absolute atomic E-state index is 12.4. The van der Waals surface area contributed by atoms with Crippen LogP contribution in [0.3, 0.4) is 0 Å². The number of anilines is 1. The summed E-state index contributed by atoms with van der Waals surface area (Å²) in [6, 6.07) is 14.9. The van der Waals surface area contributed by atoms with Gasteiger partial charge in [0.15, 0.2) is 0 Å². The number of sulfonamides is 1. The van der Waals surface area contributed by atoms with Crippen molar-refractivity contribution in [2.45, 2.75) is 37.1 Å². The van der Waals surface area contributed by atoms with Crippen LogP contribution in [0.2, 0.25) is 0 Å². The molecule has 1 aliphatic rings. The molecule has 0 saturated heterocycles. The van der Waals surface area contributed by atoms with Crippen molar-refractivity contribution in [2.75, 3.05) is 5.32 Å². The standard InChI is InChI=1S/C24H24N4O4S/c1-2-18-15-23(30)27-24(26-18)17-4-3-5-20(14-17)25-22(29)13-8-16-6-11-21(12-7-16)33(31,32)28-19-9-10-19/h3-8,11-15,19,28H,2,9-10H2,1H3,(H,25,29)(H,26,27,30)/b13-8+. The van der Waals surface area contributed by atoms with Gasteiger partial charge in [-0.3, -0.25) is 9.59 Å². The minimum absolute atomic E-state index is 0.0448. The number of carbonyl (C=O) groups excluding carboxylic acids is 1. The van der Waals surface area contributed by atoms with Crippen LogP contribution in [0.5, 0.6) is 0 Å². The normalized spacial score (nSPS) is 13.8. The number of carbonyl (C=O) groups is 1. The lowest BCUT2D eigenvalue weighted by molar-refractivity contribution is -0.111. The second-order valence-electron chi connectivity index (χ2n) is 7.81. The van der Waals surface area contributed by atoms with Gasteiger partial charge in [0, 0.05) is 35.1 Å². The number of hydrogen-bond acceptors (Lipinski definition) is 5. The molecule has 0 radical (unpaired) electrons. The number of H-pyrrole nitrogens is 1. The predicted molar refractivity (Wildman–Crippen MR) is 127 cm³/mol. The molecule has 1 fully saturated rings. The Labute approximate surface area is 191 Å². The number of nitrogens with zero attached hydrogens (tertiary/aromatic N) is 1. The van der Waals surface area contributed by atoms with Crippen LogP contribution in [0.15, 0.2) is 70.4 Å². The van der Waals surface area contributed by atoms with Gasteiger partial charge < -0.3 is 10.3 Å². The van der Waals surface area contributed by atoms with E-state index >= 15 is 0 Å². The second kappa shape index (κ2) is 9.51. The lowest BCUT2D eigenvalue weighted by atomic mass is 10.1. The number of benzene rings is 2. The lowest BCUT2D eigenvalue weighted by Crippen LogP contribution is -2.25. The van der Waals surface area contributed by atoms with Crippen molar-refractivity contribution in [3.8, 4) is 11.4 Å². The molecule has 9 heteroatoms. The minimum Gasteiger partial charge on any atom is -0.322 e. The monoisotopic (exact) mass is 464 g/mol. The summed E-state index contributed by atoms with van der Waals surface area (Å²) >= 11 is 0. The van der Waals surface area contributed by atoms with Crippen LogP contribution in [-0.4, -0.2) is 30.3 Å². The Morgan fingerprint density at radius 2 is 1.91 bits per heavy atom. The number of aromatic nitrogens is 2. The molecule has 8 nitrogen and oxygen atoms in total. The average molecular weight is 465 g/mol. The third kappa shape index (κ3) is 6.03. The molecule has 3 aromatic rings. The van der Waals surface area contributed by atoms with Gasteiger partial charge in [-0.2, -0.15) is 0 Å². The van der Waals surface area contributed by atoms with Crippen molar-refractivity contribution in [2.24, 2.45) is 0 Å². The molecule has 0 unspecified atom stereocenters. The minimum atomic E-state index is -3.50. The highest BCUT2D eigenvalue weighted by Gasteiger charge is 2.27. The van der Waals surface area contributed by atoms with Gasteiger partial charge in [-0.25, -0.2) is 18.1 Å². The van der Waals surface area contributed by atoms with E-state index in [1.54, 1.807) is 42.5 Å². The zero-order chi connectivity index (χ0) is 23.4. The summed E-state index contributed by atoms with van der Waals surface area (Å²) in [5, 5.41) is 2.78. The summed E-state index contributed by atoms with van der Waals surface area (Å²) < 4.78 is 27.1. The number of amides is 1. The highest BCUT2D eigenvalue weighted by atomic mass is 32.2. The molecular weight excluding hydrogens is 440 g/mol. The van der Waals surface area contributed by atoms with Gasteiger partial charge in [-0.1, -0.05) is 31.2 Å². The van der Waals surface area contributed by atoms with Crippen LogP contribution in [0.1, 0.15) is 31.0 Å². The first kappa shape index (κ1) is 22.6. The van der Waals surface area contributed by atoms with Gasteiger partial charge in [0.2, 0.25) is 15.9 Å². The maximum atomic E-state index is 12.4. The maximum Gasteiger partial charge on any atom is 0.251 e. The fourth-order valence-electron chi connectivity index (χ4n) is 3.17. The van der Waals surface area contributed by atoms with E-state index in [1.807, 2.05) is 6.92 Å². The molecule has 1 saturated carbocycles. The fourth-order valence-corrected chi connectivity index (χ4v) is 4.48. The lowest BCUT2D eigenvalue weighted by Gasteiger charge is -2.07. The number of hydrogen-bond donors (Lipinski definition) is 3. The summed E-state index contributed by atoms with van der Waals surface area (Å²) in [6.07, 6.45) is 5.36. The Morgan fingerprint density at radius 1 is 1.15 bits per heavy atom. The van der Waals surface area contributed by atoms with Gasteiger partial charge in [0.25, 0.3) is 5.56 Å². The number of aryl methyl sites for hydroxylation is 1. The Morgan fingerprint density at radius 3 is 2.61 bits per heavy atom. The Bertz CT molecular complexity index is 1360. The number of rotatable bonds is 8. The second-order valence-corrected chi connectivity index (χ2v) is 9.52. The summed E-state index contributed by atoms with van der Waals surface area (Å²) in [7, 11) is -3.50. The van der Waals surface area contributed by atoms with Crippen LogP contribution in [0, 0.1) is 0 Å². The Balaban J connectivity index is 1.42. The first-order chi connectivity index (χ1) is 15.8. The Kier molecular flexibility index (Phi) is 6.52. The van der Waals surface area contributed by atoms with Gasteiger partial charge in [-0.15, -0.1) is 0 Å². The van der Waals surface area contributed by atoms with Crippen molar-refractivity contribution >= 4 is 27.7 Å². The van der Waals surface area contributed by atoms with E-state index in [1.165, 1.54) is 24.3 Å². The largest absolute Gasteiger partial charge is 0.322 e. The molecule has 0 atom stereocenters. The van der Waals surface area contributed by atoms with Crippen molar-refractivity contribution in [3.05, 3.63) is 82.3 Å². The quantitative estimate of drug-likeness (QED) is 0.443. The van der Waals surface area contributed by atoms with Gasteiger partial charge in [0.05, 0.1) is 4.90 Å². The van der Waals surface area contributed by atoms with E-state index in [0.717, 1.165) is 12.8 Å². The van der Waals surface area contributed by atoms with Crippen LogP contribution in [0.25, 0.3) is 17.5 Å². The molecule has 0 spiro atoms.